The van der Waals surface area contributed by atoms with E-state index in [-0.39, 0.29) is 6.04 Å². The second-order valence-electron chi connectivity index (χ2n) is 6.72. The number of nitrogens with zero attached hydrogens (tertiary/aromatic N) is 6. The molecule has 4 heterocycles. The molecular weight excluding hydrogens is 320 g/mol. The van der Waals surface area contributed by atoms with Crippen LogP contribution in [0, 0.1) is 6.92 Å². The van der Waals surface area contributed by atoms with Crippen LogP contribution in [0.5, 0.6) is 0 Å². The van der Waals surface area contributed by atoms with Crippen LogP contribution in [0.15, 0.2) is 27.5 Å². The highest BCUT2D eigenvalue weighted by atomic mass is 16.6. The molecule has 3 aromatic heterocycles. The molecule has 3 aromatic rings. The van der Waals surface area contributed by atoms with E-state index in [9.17, 15) is 0 Å². The van der Waals surface area contributed by atoms with Crippen molar-refractivity contribution in [2.75, 3.05) is 11.4 Å². The van der Waals surface area contributed by atoms with E-state index in [2.05, 4.69) is 30.3 Å². The van der Waals surface area contributed by atoms with Gasteiger partial charge in [0, 0.05) is 18.7 Å². The van der Waals surface area contributed by atoms with Gasteiger partial charge >= 0.3 is 0 Å². The molecule has 0 amide bonds. The zero-order valence-corrected chi connectivity index (χ0v) is 13.9. The minimum atomic E-state index is 0.162. The first-order valence-electron chi connectivity index (χ1n) is 8.65. The van der Waals surface area contributed by atoms with Crippen LogP contribution >= 0.6 is 0 Å². The Hall–Kier alpha value is -2.77. The zero-order valence-electron chi connectivity index (χ0n) is 13.9. The summed E-state index contributed by atoms with van der Waals surface area (Å²) in [6.45, 7) is 2.86. The van der Waals surface area contributed by atoms with Crippen molar-refractivity contribution in [3.63, 3.8) is 0 Å². The fourth-order valence-electron chi connectivity index (χ4n) is 3.41. The first-order chi connectivity index (χ1) is 12.3. The van der Waals surface area contributed by atoms with Gasteiger partial charge in [-0.3, -0.25) is 0 Å². The monoisotopic (exact) mass is 338 g/mol. The molecular formula is C17H18N6O2. The van der Waals surface area contributed by atoms with E-state index in [0.29, 0.717) is 11.8 Å². The molecule has 1 atom stereocenters. The molecule has 2 aliphatic rings. The van der Waals surface area contributed by atoms with Crippen molar-refractivity contribution in [3.8, 4) is 11.5 Å². The summed E-state index contributed by atoms with van der Waals surface area (Å²) in [6, 6.07) is 4.14. The molecule has 1 unspecified atom stereocenters. The lowest BCUT2D eigenvalue weighted by Crippen LogP contribution is -2.24. The molecule has 1 saturated heterocycles. The Morgan fingerprint density at radius 1 is 1.12 bits per heavy atom. The summed E-state index contributed by atoms with van der Waals surface area (Å²) in [6.07, 6.45) is 6.22. The van der Waals surface area contributed by atoms with Gasteiger partial charge in [-0.05, 0) is 44.7 Å². The van der Waals surface area contributed by atoms with E-state index < -0.39 is 0 Å². The predicted octanol–water partition coefficient (Wildman–Crippen LogP) is 3.04. The molecule has 1 aliphatic heterocycles. The van der Waals surface area contributed by atoms with Crippen molar-refractivity contribution < 1.29 is 9.15 Å². The van der Waals surface area contributed by atoms with Crippen LogP contribution < -0.4 is 4.90 Å². The van der Waals surface area contributed by atoms with E-state index in [0.717, 1.165) is 60.8 Å². The first kappa shape index (κ1) is 14.6. The Kier molecular flexibility index (Phi) is 3.29. The van der Waals surface area contributed by atoms with Crippen LogP contribution in [0.25, 0.3) is 11.5 Å². The van der Waals surface area contributed by atoms with E-state index >= 15 is 0 Å². The van der Waals surface area contributed by atoms with E-state index in [1.54, 1.807) is 6.20 Å². The number of hydrogen-bond donors (Lipinski definition) is 0. The largest absolute Gasteiger partial charge is 0.348 e. The summed E-state index contributed by atoms with van der Waals surface area (Å²) in [5.41, 5.74) is 2.58. The lowest BCUT2D eigenvalue weighted by atomic mass is 10.1. The van der Waals surface area contributed by atoms with Crippen LogP contribution in [0.1, 0.15) is 54.9 Å². The molecule has 25 heavy (non-hydrogen) atoms. The van der Waals surface area contributed by atoms with E-state index in [1.807, 2.05) is 19.1 Å². The number of pyridine rings is 1. The topological polar surface area (TPSA) is 94.0 Å². The molecule has 1 aliphatic carbocycles. The number of aromatic nitrogens is 5. The van der Waals surface area contributed by atoms with E-state index in [1.165, 1.54) is 0 Å². The molecule has 128 valence electrons. The van der Waals surface area contributed by atoms with Crippen molar-refractivity contribution in [2.45, 2.75) is 44.6 Å². The lowest BCUT2D eigenvalue weighted by Gasteiger charge is -2.24. The second kappa shape index (κ2) is 5.65. The number of aryl methyl sites for hydroxylation is 1. The quantitative estimate of drug-likeness (QED) is 0.716. The summed E-state index contributed by atoms with van der Waals surface area (Å²) >= 11 is 0. The van der Waals surface area contributed by atoms with Crippen molar-refractivity contribution in [3.05, 3.63) is 35.5 Å². The molecule has 0 aromatic carbocycles. The van der Waals surface area contributed by atoms with Gasteiger partial charge in [0.15, 0.2) is 5.82 Å². The molecule has 8 nitrogen and oxygen atoms in total. The van der Waals surface area contributed by atoms with Gasteiger partial charge in [-0.1, -0.05) is 15.5 Å². The maximum absolute atomic E-state index is 5.37. The van der Waals surface area contributed by atoms with Crippen molar-refractivity contribution in [2.24, 2.45) is 0 Å². The molecule has 8 heteroatoms. The molecule has 5 rings (SSSR count). The Labute approximate surface area is 144 Å². The maximum Gasteiger partial charge on any atom is 0.259 e. The summed E-state index contributed by atoms with van der Waals surface area (Å²) in [4.78, 5) is 11.3. The number of rotatable bonds is 4. The minimum Gasteiger partial charge on any atom is -0.348 e. The maximum atomic E-state index is 5.37. The van der Waals surface area contributed by atoms with Gasteiger partial charge < -0.3 is 9.42 Å². The van der Waals surface area contributed by atoms with Crippen molar-refractivity contribution in [1.29, 1.82) is 0 Å². The average Bonchev–Trinajstić information content (AvgIpc) is 3.03. The highest BCUT2D eigenvalue weighted by molar-refractivity contribution is 5.55. The lowest BCUT2D eigenvalue weighted by molar-refractivity contribution is 0.299. The Balaban J connectivity index is 1.39. The van der Waals surface area contributed by atoms with Crippen LogP contribution in [0.2, 0.25) is 0 Å². The van der Waals surface area contributed by atoms with Gasteiger partial charge in [-0.25, -0.2) is 9.61 Å². The molecule has 0 bridgehead atoms. The second-order valence-corrected chi connectivity index (χ2v) is 6.72. The van der Waals surface area contributed by atoms with E-state index in [4.69, 9.17) is 9.15 Å². The van der Waals surface area contributed by atoms with Gasteiger partial charge in [-0.2, -0.15) is 4.98 Å². The Bertz CT molecular complexity index is 883. The fraction of sp³-hybridized carbons (Fsp3) is 0.471. The number of anilines is 1. The van der Waals surface area contributed by atoms with Gasteiger partial charge in [0.1, 0.15) is 17.2 Å². The predicted molar refractivity (Wildman–Crippen MR) is 87.9 cm³/mol. The molecule has 1 saturated carbocycles. The zero-order chi connectivity index (χ0) is 16.8. The molecule has 0 radical (unpaired) electrons. The molecule has 2 fully saturated rings. The Morgan fingerprint density at radius 3 is 2.76 bits per heavy atom. The van der Waals surface area contributed by atoms with Gasteiger partial charge in [0.05, 0.1) is 11.6 Å². The highest BCUT2D eigenvalue weighted by Crippen LogP contribution is 2.39. The van der Waals surface area contributed by atoms with Crippen LogP contribution in [0.3, 0.4) is 0 Å². The third-order valence-corrected chi connectivity index (χ3v) is 4.93. The summed E-state index contributed by atoms with van der Waals surface area (Å²) in [5.74, 6) is 2.74. The summed E-state index contributed by atoms with van der Waals surface area (Å²) in [5, 5.41) is 12.0. The van der Waals surface area contributed by atoms with Crippen LogP contribution in [0.4, 0.5) is 5.82 Å². The SMILES string of the molecule is Cc1nonc1C1CCCN1c1ccc(-c2nc(C3CC3)no2)cn1. The minimum absolute atomic E-state index is 0.162. The summed E-state index contributed by atoms with van der Waals surface area (Å²) in [7, 11) is 0. The molecule has 0 N–H and O–H groups in total. The van der Waals surface area contributed by atoms with Crippen LogP contribution in [-0.4, -0.2) is 32.0 Å². The van der Waals surface area contributed by atoms with Gasteiger partial charge in [0.2, 0.25) is 0 Å². The fourth-order valence-corrected chi connectivity index (χ4v) is 3.41. The Morgan fingerprint density at radius 2 is 2.04 bits per heavy atom. The third kappa shape index (κ3) is 2.57. The third-order valence-electron chi connectivity index (χ3n) is 4.93. The smallest absolute Gasteiger partial charge is 0.259 e. The standard InChI is InChI=1S/C17H18N6O2/c1-10-15(21-25-20-10)13-3-2-8-23(13)14-7-6-12(9-18-14)17-19-16(22-24-17)11-4-5-11/h6-7,9,11,13H,2-5,8H2,1H3. The average molecular weight is 338 g/mol. The summed E-state index contributed by atoms with van der Waals surface area (Å²) < 4.78 is 10.2. The van der Waals surface area contributed by atoms with Gasteiger partial charge in [-0.15, -0.1) is 0 Å². The van der Waals surface area contributed by atoms with Crippen LogP contribution in [-0.2, 0) is 0 Å². The van der Waals surface area contributed by atoms with Crippen molar-refractivity contribution >= 4 is 5.82 Å². The number of hydrogen-bond acceptors (Lipinski definition) is 8. The van der Waals surface area contributed by atoms with Gasteiger partial charge in [0.25, 0.3) is 5.89 Å². The van der Waals surface area contributed by atoms with Crippen molar-refractivity contribution in [1.82, 2.24) is 25.4 Å². The first-order valence-corrected chi connectivity index (χ1v) is 8.65. The molecule has 0 spiro atoms. The highest BCUT2D eigenvalue weighted by Gasteiger charge is 2.31. The normalized spacial score (nSPS) is 20.4.